The van der Waals surface area contributed by atoms with E-state index in [0.717, 1.165) is 16.8 Å². The van der Waals surface area contributed by atoms with E-state index in [2.05, 4.69) is 15.4 Å². The third-order valence-corrected chi connectivity index (χ3v) is 6.06. The van der Waals surface area contributed by atoms with Gasteiger partial charge in [-0.2, -0.15) is 5.10 Å². The van der Waals surface area contributed by atoms with Crippen molar-refractivity contribution in [2.75, 3.05) is 13.2 Å². The molecular weight excluding hydrogens is 472 g/mol. The zero-order valence-electron chi connectivity index (χ0n) is 21.4. The lowest BCUT2D eigenvalue weighted by atomic mass is 10.1. The van der Waals surface area contributed by atoms with Crippen LogP contribution in [0.15, 0.2) is 47.4 Å². The number of amides is 1. The van der Waals surface area contributed by atoms with E-state index in [4.69, 9.17) is 15.5 Å². The molecule has 1 atom stereocenters. The number of H-pyrrole nitrogens is 1. The van der Waals surface area contributed by atoms with Gasteiger partial charge >= 0.3 is 0 Å². The number of aryl methyl sites for hydroxylation is 2. The van der Waals surface area contributed by atoms with Crippen LogP contribution in [0.5, 0.6) is 5.75 Å². The summed E-state index contributed by atoms with van der Waals surface area (Å²) in [5, 5.41) is 17.7. The van der Waals surface area contributed by atoms with Crippen molar-refractivity contribution in [3.05, 3.63) is 75.3 Å². The number of pyridine rings is 2. The second-order valence-corrected chi connectivity index (χ2v) is 9.33. The molecule has 1 aromatic carbocycles. The zero-order chi connectivity index (χ0) is 26.7. The number of hydrogen-bond acceptors (Lipinski definition) is 7. The number of aromatic nitrogens is 4. The molecule has 0 saturated carbocycles. The van der Waals surface area contributed by atoms with Crippen LogP contribution in [0.1, 0.15) is 47.1 Å². The van der Waals surface area contributed by atoms with Crippen LogP contribution in [-0.4, -0.2) is 50.0 Å². The summed E-state index contributed by atoms with van der Waals surface area (Å²) < 4.78 is 7.43. The Labute approximate surface area is 214 Å². The van der Waals surface area contributed by atoms with Crippen molar-refractivity contribution in [2.24, 2.45) is 5.73 Å². The van der Waals surface area contributed by atoms with Gasteiger partial charge in [-0.1, -0.05) is 12.1 Å². The lowest BCUT2D eigenvalue weighted by molar-refractivity contribution is 0.0952. The molecule has 5 N–H and O–H groups in total. The first-order valence-corrected chi connectivity index (χ1v) is 12.1. The van der Waals surface area contributed by atoms with Crippen LogP contribution in [0, 0.1) is 13.8 Å². The van der Waals surface area contributed by atoms with Gasteiger partial charge in [-0.25, -0.2) is 9.67 Å². The standard InChI is InChI=1S/C27H32N6O4/c1-15(2)33-25-23(13-30-33)21(26(35)29-12-22-16(3)8-17(4)31-27(22)36)10-24(32-25)18-6-5-7-20(9-18)37-14-19(34)11-28/h5-10,13,15,19,34H,11-12,14,28H2,1-4H3,(H,29,35)(H,31,36). The van der Waals surface area contributed by atoms with E-state index in [1.807, 2.05) is 45.9 Å². The van der Waals surface area contributed by atoms with E-state index in [1.165, 1.54) is 0 Å². The molecule has 4 aromatic rings. The van der Waals surface area contributed by atoms with E-state index in [9.17, 15) is 14.7 Å². The predicted octanol–water partition coefficient (Wildman–Crippen LogP) is 2.61. The molecule has 37 heavy (non-hydrogen) atoms. The number of fused-ring (bicyclic) bond motifs is 1. The third-order valence-electron chi connectivity index (χ3n) is 6.06. The summed E-state index contributed by atoms with van der Waals surface area (Å²) >= 11 is 0. The van der Waals surface area contributed by atoms with Gasteiger partial charge in [0, 0.05) is 36.0 Å². The summed E-state index contributed by atoms with van der Waals surface area (Å²) in [6.45, 7) is 7.90. The molecule has 0 aliphatic rings. The topological polar surface area (TPSA) is 148 Å². The minimum Gasteiger partial charge on any atom is -0.491 e. The Morgan fingerprint density at radius 2 is 2.03 bits per heavy atom. The first-order valence-electron chi connectivity index (χ1n) is 12.1. The number of aromatic amines is 1. The van der Waals surface area contributed by atoms with Gasteiger partial charge < -0.3 is 25.9 Å². The average Bonchev–Trinajstić information content (AvgIpc) is 3.30. The van der Waals surface area contributed by atoms with Crippen molar-refractivity contribution in [1.82, 2.24) is 25.1 Å². The summed E-state index contributed by atoms with van der Waals surface area (Å²) in [6.07, 6.45) is 0.872. The van der Waals surface area contributed by atoms with Crippen LogP contribution >= 0.6 is 0 Å². The van der Waals surface area contributed by atoms with E-state index in [0.29, 0.717) is 33.6 Å². The van der Waals surface area contributed by atoms with Gasteiger partial charge in [-0.15, -0.1) is 0 Å². The van der Waals surface area contributed by atoms with E-state index < -0.39 is 6.10 Å². The maximum atomic E-state index is 13.4. The smallest absolute Gasteiger partial charge is 0.253 e. The SMILES string of the molecule is Cc1cc(C)c(CNC(=O)c2cc(-c3cccc(OCC(O)CN)c3)nc3c2cnn3C(C)C)c(=O)[nH]1. The summed E-state index contributed by atoms with van der Waals surface area (Å²) in [6, 6.07) is 10.9. The van der Waals surface area contributed by atoms with Crippen LogP contribution in [0.3, 0.4) is 0 Å². The minimum atomic E-state index is -0.766. The number of nitrogens with zero attached hydrogens (tertiary/aromatic N) is 3. The zero-order valence-corrected chi connectivity index (χ0v) is 21.4. The Hall–Kier alpha value is -4.02. The maximum absolute atomic E-state index is 13.4. The Kier molecular flexibility index (Phi) is 7.70. The predicted molar refractivity (Wildman–Crippen MR) is 142 cm³/mol. The number of aliphatic hydroxyl groups excluding tert-OH is 1. The maximum Gasteiger partial charge on any atom is 0.253 e. The molecule has 3 heterocycles. The van der Waals surface area contributed by atoms with Gasteiger partial charge in [0.1, 0.15) is 18.5 Å². The van der Waals surface area contributed by atoms with Gasteiger partial charge in [-0.3, -0.25) is 9.59 Å². The fraction of sp³-hybridized carbons (Fsp3) is 0.333. The first-order chi connectivity index (χ1) is 17.7. The Morgan fingerprint density at radius 1 is 1.24 bits per heavy atom. The lowest BCUT2D eigenvalue weighted by Gasteiger charge is -2.13. The quantitative estimate of drug-likeness (QED) is 0.274. The molecular formula is C27H32N6O4. The molecule has 4 rings (SSSR count). The summed E-state index contributed by atoms with van der Waals surface area (Å²) in [5.41, 5.74) is 9.60. The monoisotopic (exact) mass is 504 g/mol. The summed E-state index contributed by atoms with van der Waals surface area (Å²) in [4.78, 5) is 33.4. The van der Waals surface area contributed by atoms with Crippen LogP contribution in [0.2, 0.25) is 0 Å². The van der Waals surface area contributed by atoms with Gasteiger partial charge in [0.15, 0.2) is 5.65 Å². The number of benzene rings is 1. The van der Waals surface area contributed by atoms with Gasteiger partial charge in [0.25, 0.3) is 11.5 Å². The fourth-order valence-electron chi connectivity index (χ4n) is 4.10. The van der Waals surface area contributed by atoms with E-state index in [1.54, 1.807) is 29.1 Å². The third kappa shape index (κ3) is 5.71. The number of aliphatic hydroxyl groups is 1. The van der Waals surface area contributed by atoms with Crippen LogP contribution in [0.4, 0.5) is 0 Å². The van der Waals surface area contributed by atoms with E-state index >= 15 is 0 Å². The van der Waals surface area contributed by atoms with Crippen molar-refractivity contribution in [2.45, 2.75) is 46.4 Å². The summed E-state index contributed by atoms with van der Waals surface area (Å²) in [5.74, 6) is 0.208. The van der Waals surface area contributed by atoms with Crippen molar-refractivity contribution < 1.29 is 14.6 Å². The number of carbonyl (C=O) groups excluding carboxylic acids is 1. The van der Waals surface area contributed by atoms with Crippen molar-refractivity contribution in [1.29, 1.82) is 0 Å². The Bertz CT molecular complexity index is 1490. The molecule has 0 spiro atoms. The molecule has 0 aliphatic carbocycles. The molecule has 0 saturated heterocycles. The molecule has 0 aliphatic heterocycles. The number of rotatable bonds is 9. The average molecular weight is 505 g/mol. The van der Waals surface area contributed by atoms with Gasteiger partial charge in [-0.05, 0) is 57.5 Å². The normalized spacial score (nSPS) is 12.2. The fourth-order valence-corrected chi connectivity index (χ4v) is 4.10. The second-order valence-electron chi connectivity index (χ2n) is 9.33. The van der Waals surface area contributed by atoms with Crippen molar-refractivity contribution in [3.63, 3.8) is 0 Å². The molecule has 0 bridgehead atoms. The Balaban J connectivity index is 1.71. The minimum absolute atomic E-state index is 0.0253. The number of ether oxygens (including phenoxy) is 1. The molecule has 0 fully saturated rings. The molecule has 0 radical (unpaired) electrons. The molecule has 10 nitrogen and oxygen atoms in total. The van der Waals surface area contributed by atoms with Crippen LogP contribution in [-0.2, 0) is 6.54 Å². The Morgan fingerprint density at radius 3 is 2.73 bits per heavy atom. The number of hydrogen-bond donors (Lipinski definition) is 4. The van der Waals surface area contributed by atoms with E-state index in [-0.39, 0.29) is 37.2 Å². The summed E-state index contributed by atoms with van der Waals surface area (Å²) in [7, 11) is 0. The van der Waals surface area contributed by atoms with Gasteiger partial charge in [0.2, 0.25) is 0 Å². The molecule has 1 unspecified atom stereocenters. The lowest BCUT2D eigenvalue weighted by Crippen LogP contribution is -2.28. The highest BCUT2D eigenvalue weighted by Gasteiger charge is 2.19. The highest BCUT2D eigenvalue weighted by atomic mass is 16.5. The molecule has 3 aromatic heterocycles. The second kappa shape index (κ2) is 10.9. The number of carbonyl (C=O) groups is 1. The number of nitrogens with one attached hydrogen (secondary N) is 2. The van der Waals surface area contributed by atoms with Gasteiger partial charge in [0.05, 0.1) is 22.8 Å². The molecule has 194 valence electrons. The first kappa shape index (κ1) is 26.1. The highest BCUT2D eigenvalue weighted by Crippen LogP contribution is 2.28. The van der Waals surface area contributed by atoms with Crippen molar-refractivity contribution >= 4 is 16.9 Å². The van der Waals surface area contributed by atoms with Crippen molar-refractivity contribution in [3.8, 4) is 17.0 Å². The van der Waals surface area contributed by atoms with Crippen LogP contribution < -0.4 is 21.3 Å². The highest BCUT2D eigenvalue weighted by molar-refractivity contribution is 6.06. The molecule has 10 heteroatoms. The van der Waals surface area contributed by atoms with Crippen LogP contribution in [0.25, 0.3) is 22.3 Å². The number of nitrogens with two attached hydrogens (primary N) is 1. The molecule has 1 amide bonds. The largest absolute Gasteiger partial charge is 0.491 e.